The Morgan fingerprint density at radius 1 is 1.12 bits per heavy atom. The summed E-state index contributed by atoms with van der Waals surface area (Å²) in [4.78, 5) is 0.138. The lowest BCUT2D eigenvalue weighted by Crippen LogP contribution is -2.55. The van der Waals surface area contributed by atoms with Gasteiger partial charge in [-0.1, -0.05) is 0 Å². The molecule has 2 aliphatic heterocycles. The van der Waals surface area contributed by atoms with Crippen LogP contribution < -0.4 is 4.74 Å². The molecule has 1 aromatic carbocycles. The number of hydrogen-bond acceptors (Lipinski definition) is 6. The molecule has 0 amide bonds. The van der Waals surface area contributed by atoms with Crippen molar-refractivity contribution in [3.05, 3.63) is 24.3 Å². The van der Waals surface area contributed by atoms with E-state index in [1.807, 2.05) is 0 Å². The monoisotopic (exact) mass is 405 g/mol. The molecule has 11 heteroatoms. The number of morpholine rings is 1. The van der Waals surface area contributed by atoms with Crippen LogP contribution in [0.25, 0.3) is 0 Å². The Morgan fingerprint density at radius 3 is 2.35 bits per heavy atom. The van der Waals surface area contributed by atoms with Crippen LogP contribution in [0.5, 0.6) is 5.75 Å². The zero-order chi connectivity index (χ0) is 19.1. The van der Waals surface area contributed by atoms with Crippen LogP contribution in [0, 0.1) is 0 Å². The fourth-order valence-corrected chi connectivity index (χ4v) is 5.95. The van der Waals surface area contributed by atoms with Crippen LogP contribution in [0.3, 0.4) is 0 Å². The first-order valence-electron chi connectivity index (χ1n) is 8.13. The summed E-state index contributed by atoms with van der Waals surface area (Å²) < 4.78 is 65.4. The molecule has 26 heavy (non-hydrogen) atoms. The minimum atomic E-state index is -3.75. The molecule has 0 saturated carbocycles. The van der Waals surface area contributed by atoms with Crippen molar-refractivity contribution in [3.63, 3.8) is 0 Å². The van der Waals surface area contributed by atoms with Gasteiger partial charge in [0.1, 0.15) is 5.75 Å². The molecule has 0 aromatic heterocycles. The summed E-state index contributed by atoms with van der Waals surface area (Å²) in [6.45, 7) is 0.632. The number of sulfonamides is 1. The minimum absolute atomic E-state index is 0.0616. The lowest BCUT2D eigenvalue weighted by atomic mass is 10.2. The summed E-state index contributed by atoms with van der Waals surface area (Å²) in [7, 11) is -2.97. The Morgan fingerprint density at radius 2 is 1.77 bits per heavy atom. The highest BCUT2D eigenvalue weighted by atomic mass is 32.2. The van der Waals surface area contributed by atoms with Crippen molar-refractivity contribution in [2.45, 2.75) is 17.0 Å². The van der Waals surface area contributed by atoms with E-state index in [1.165, 1.54) is 41.9 Å². The van der Waals surface area contributed by atoms with Crippen LogP contribution in [0.4, 0.5) is 0 Å². The van der Waals surface area contributed by atoms with Crippen LogP contribution in [-0.4, -0.2) is 89.3 Å². The summed E-state index contributed by atoms with van der Waals surface area (Å²) in [6.07, 6.45) is -0.480. The smallest absolute Gasteiger partial charge is 0.281 e. The third-order valence-electron chi connectivity index (χ3n) is 4.67. The zero-order valence-corrected chi connectivity index (χ0v) is 16.5. The van der Waals surface area contributed by atoms with Crippen molar-refractivity contribution < 1.29 is 26.3 Å². The molecule has 2 saturated heterocycles. The number of ether oxygens (including phenoxy) is 2. The molecule has 1 aromatic rings. The first-order chi connectivity index (χ1) is 12.2. The van der Waals surface area contributed by atoms with Crippen molar-refractivity contribution in [2.75, 3.05) is 47.4 Å². The van der Waals surface area contributed by atoms with Crippen molar-refractivity contribution in [2.24, 2.45) is 0 Å². The molecule has 9 nitrogen and oxygen atoms in total. The Kier molecular flexibility index (Phi) is 5.30. The van der Waals surface area contributed by atoms with Crippen molar-refractivity contribution >= 4 is 20.2 Å². The van der Waals surface area contributed by atoms with E-state index in [4.69, 9.17) is 9.47 Å². The topological polar surface area (TPSA) is 96.5 Å². The average molecular weight is 405 g/mol. The Bertz CT molecular complexity index is 854. The summed E-state index contributed by atoms with van der Waals surface area (Å²) in [6, 6.07) is 5.57. The van der Waals surface area contributed by atoms with Crippen LogP contribution in [0.2, 0.25) is 0 Å². The highest BCUT2D eigenvalue weighted by Gasteiger charge is 2.48. The number of fused-ring (bicyclic) bond motifs is 1. The van der Waals surface area contributed by atoms with Gasteiger partial charge in [-0.15, -0.1) is 0 Å². The lowest BCUT2D eigenvalue weighted by Gasteiger charge is -2.37. The molecule has 0 bridgehead atoms. The Balaban J connectivity index is 1.86. The zero-order valence-electron chi connectivity index (χ0n) is 14.9. The Labute approximate surface area is 154 Å². The minimum Gasteiger partial charge on any atom is -0.497 e. The van der Waals surface area contributed by atoms with Crippen molar-refractivity contribution in [3.8, 4) is 5.75 Å². The maximum absolute atomic E-state index is 12.9. The third kappa shape index (κ3) is 3.35. The quantitative estimate of drug-likeness (QED) is 0.660. The van der Waals surface area contributed by atoms with Gasteiger partial charge in [-0.05, 0) is 24.3 Å². The molecular formula is C15H23N3O6S2. The van der Waals surface area contributed by atoms with Gasteiger partial charge in [-0.2, -0.15) is 21.3 Å². The fourth-order valence-electron chi connectivity index (χ4n) is 3.21. The molecule has 2 aliphatic rings. The molecule has 0 N–H and O–H groups in total. The number of rotatable bonds is 5. The van der Waals surface area contributed by atoms with Crippen molar-refractivity contribution in [1.29, 1.82) is 0 Å². The van der Waals surface area contributed by atoms with Crippen LogP contribution >= 0.6 is 0 Å². The normalized spacial score (nSPS) is 25.4. The van der Waals surface area contributed by atoms with Gasteiger partial charge in [0.05, 0.1) is 30.8 Å². The van der Waals surface area contributed by atoms with Gasteiger partial charge in [0, 0.05) is 33.7 Å². The molecule has 0 spiro atoms. The molecule has 2 fully saturated rings. The summed E-state index contributed by atoms with van der Waals surface area (Å²) in [5.41, 5.74) is 0. The van der Waals surface area contributed by atoms with Gasteiger partial charge < -0.3 is 9.47 Å². The summed E-state index contributed by atoms with van der Waals surface area (Å²) in [5.74, 6) is 0.561. The fraction of sp³-hybridized carbons (Fsp3) is 0.600. The molecule has 0 aliphatic carbocycles. The van der Waals surface area contributed by atoms with Gasteiger partial charge >= 0.3 is 0 Å². The number of methoxy groups -OCH3 is 1. The lowest BCUT2D eigenvalue weighted by molar-refractivity contribution is -0.0169. The molecular weight excluding hydrogens is 382 g/mol. The van der Waals surface area contributed by atoms with Gasteiger partial charge in [0.25, 0.3) is 10.2 Å². The van der Waals surface area contributed by atoms with E-state index < -0.39 is 32.4 Å². The predicted molar refractivity (Wildman–Crippen MR) is 94.6 cm³/mol. The highest BCUT2D eigenvalue weighted by molar-refractivity contribution is 7.89. The average Bonchev–Trinajstić information content (AvgIpc) is 3.06. The van der Waals surface area contributed by atoms with Gasteiger partial charge in [-0.3, -0.25) is 0 Å². The number of hydrogen-bond donors (Lipinski definition) is 0. The highest BCUT2D eigenvalue weighted by Crippen LogP contribution is 2.30. The molecule has 2 heterocycles. The Hall–Kier alpha value is -1.24. The third-order valence-corrected chi connectivity index (χ3v) is 8.49. The van der Waals surface area contributed by atoms with Gasteiger partial charge in [0.15, 0.2) is 0 Å². The maximum atomic E-state index is 12.9. The summed E-state index contributed by atoms with van der Waals surface area (Å²) in [5, 5.41) is 0. The first kappa shape index (κ1) is 19.5. The number of benzene rings is 1. The molecule has 2 atom stereocenters. The SMILES string of the molecule is COc1ccc(S(=O)(=O)N2C[C@H]3OCCN(S(=O)(=O)N(C)C)[C@H]3C2)cc1. The second kappa shape index (κ2) is 7.06. The van der Waals surface area contributed by atoms with E-state index in [2.05, 4.69) is 0 Å². The summed E-state index contributed by atoms with van der Waals surface area (Å²) >= 11 is 0. The molecule has 0 unspecified atom stereocenters. The van der Waals surface area contributed by atoms with E-state index in [9.17, 15) is 16.8 Å². The van der Waals surface area contributed by atoms with E-state index in [-0.39, 0.29) is 31.1 Å². The van der Waals surface area contributed by atoms with E-state index in [0.29, 0.717) is 5.75 Å². The molecule has 3 rings (SSSR count). The predicted octanol–water partition coefficient (Wildman–Crippen LogP) is -0.425. The van der Waals surface area contributed by atoms with E-state index >= 15 is 0 Å². The van der Waals surface area contributed by atoms with Crippen LogP contribution in [0.15, 0.2) is 29.2 Å². The van der Waals surface area contributed by atoms with E-state index in [0.717, 1.165) is 4.31 Å². The van der Waals surface area contributed by atoms with Gasteiger partial charge in [-0.25, -0.2) is 8.42 Å². The molecule has 0 radical (unpaired) electrons. The van der Waals surface area contributed by atoms with Crippen molar-refractivity contribution in [1.82, 2.24) is 12.9 Å². The largest absolute Gasteiger partial charge is 0.497 e. The standard InChI is InChI=1S/C15H23N3O6S2/c1-16(2)26(21,22)18-8-9-24-15-11-17(10-14(15)18)25(19,20)13-6-4-12(23-3)5-7-13/h4-7,14-15H,8-11H2,1-3H3/t14-,15+/m0/s1. The van der Waals surface area contributed by atoms with Crippen LogP contribution in [0.1, 0.15) is 0 Å². The second-order valence-electron chi connectivity index (χ2n) is 6.38. The van der Waals surface area contributed by atoms with E-state index in [1.54, 1.807) is 12.1 Å². The second-order valence-corrected chi connectivity index (χ2v) is 10.4. The van der Waals surface area contributed by atoms with Gasteiger partial charge in [0.2, 0.25) is 10.0 Å². The maximum Gasteiger partial charge on any atom is 0.281 e. The number of nitrogens with zero attached hydrogens (tertiary/aromatic N) is 3. The first-order valence-corrected chi connectivity index (χ1v) is 11.0. The molecule has 146 valence electrons. The van der Waals surface area contributed by atoms with Crippen LogP contribution in [-0.2, 0) is 25.0 Å².